The molecule has 0 N–H and O–H groups in total. The molecule has 18 heavy (non-hydrogen) atoms. The van der Waals surface area contributed by atoms with E-state index < -0.39 is 0 Å². The van der Waals surface area contributed by atoms with Crippen molar-refractivity contribution in [3.63, 3.8) is 0 Å². The highest BCUT2D eigenvalue weighted by molar-refractivity contribution is 5.65. The minimum Gasteiger partial charge on any atom is -0.454 e. The average Bonchev–Trinajstić information content (AvgIpc) is 2.95. The van der Waals surface area contributed by atoms with Gasteiger partial charge in [0.15, 0.2) is 11.5 Å². The fourth-order valence-electron chi connectivity index (χ4n) is 2.23. The second kappa shape index (κ2) is 4.37. The van der Waals surface area contributed by atoms with Crippen molar-refractivity contribution in [2.75, 3.05) is 6.79 Å². The number of rotatable bonds is 3. The molecule has 1 aromatic carbocycles. The van der Waals surface area contributed by atoms with Gasteiger partial charge in [-0.05, 0) is 30.7 Å². The van der Waals surface area contributed by atoms with Crippen molar-refractivity contribution in [3.05, 3.63) is 30.0 Å². The summed E-state index contributed by atoms with van der Waals surface area (Å²) in [5.41, 5.74) is 3.35. The lowest BCUT2D eigenvalue weighted by Gasteiger charge is -2.03. The van der Waals surface area contributed by atoms with E-state index >= 15 is 0 Å². The molecule has 0 radical (unpaired) electrons. The Morgan fingerprint density at radius 2 is 2.06 bits per heavy atom. The Morgan fingerprint density at radius 1 is 1.22 bits per heavy atom. The summed E-state index contributed by atoms with van der Waals surface area (Å²) in [6.45, 7) is 2.47. The molecule has 0 saturated carbocycles. The van der Waals surface area contributed by atoms with Crippen LogP contribution >= 0.6 is 0 Å². The van der Waals surface area contributed by atoms with Gasteiger partial charge < -0.3 is 9.47 Å². The van der Waals surface area contributed by atoms with E-state index in [0.29, 0.717) is 6.79 Å². The van der Waals surface area contributed by atoms with Crippen LogP contribution < -0.4 is 9.47 Å². The second-order valence-corrected chi connectivity index (χ2v) is 4.46. The van der Waals surface area contributed by atoms with E-state index in [2.05, 4.69) is 18.1 Å². The Labute approximate surface area is 106 Å². The van der Waals surface area contributed by atoms with Crippen molar-refractivity contribution < 1.29 is 9.47 Å². The predicted octanol–water partition coefficient (Wildman–Crippen LogP) is 2.77. The monoisotopic (exact) mass is 244 g/mol. The maximum atomic E-state index is 5.40. The first kappa shape index (κ1) is 11.1. The van der Waals surface area contributed by atoms with Gasteiger partial charge in [0, 0.05) is 12.6 Å². The number of aromatic nitrogens is 2. The second-order valence-electron chi connectivity index (χ2n) is 4.46. The van der Waals surface area contributed by atoms with Gasteiger partial charge in [0.2, 0.25) is 6.79 Å². The summed E-state index contributed by atoms with van der Waals surface area (Å²) in [5.74, 6) is 1.63. The van der Waals surface area contributed by atoms with Crippen molar-refractivity contribution >= 4 is 0 Å². The zero-order valence-corrected chi connectivity index (χ0v) is 10.6. The normalized spacial score (nSPS) is 13.0. The van der Waals surface area contributed by atoms with Gasteiger partial charge in [-0.1, -0.05) is 13.3 Å². The summed E-state index contributed by atoms with van der Waals surface area (Å²) in [6, 6.07) is 8.14. The minimum absolute atomic E-state index is 0.311. The largest absolute Gasteiger partial charge is 0.454 e. The van der Waals surface area contributed by atoms with Gasteiger partial charge in [0.25, 0.3) is 0 Å². The van der Waals surface area contributed by atoms with E-state index in [0.717, 1.165) is 41.3 Å². The molecule has 4 nitrogen and oxygen atoms in total. The summed E-state index contributed by atoms with van der Waals surface area (Å²) < 4.78 is 12.6. The zero-order chi connectivity index (χ0) is 12.5. The van der Waals surface area contributed by atoms with Gasteiger partial charge in [-0.25, -0.2) is 0 Å². The van der Waals surface area contributed by atoms with Crippen LogP contribution in [-0.4, -0.2) is 16.6 Å². The van der Waals surface area contributed by atoms with Gasteiger partial charge in [-0.2, -0.15) is 5.10 Å². The summed E-state index contributed by atoms with van der Waals surface area (Å²) in [7, 11) is 1.97. The van der Waals surface area contributed by atoms with Crippen LogP contribution in [0.15, 0.2) is 24.3 Å². The predicted molar refractivity (Wildman–Crippen MR) is 68.8 cm³/mol. The number of hydrogen-bond acceptors (Lipinski definition) is 3. The van der Waals surface area contributed by atoms with E-state index in [9.17, 15) is 0 Å². The van der Waals surface area contributed by atoms with Crippen molar-refractivity contribution in [3.8, 4) is 22.8 Å². The van der Waals surface area contributed by atoms with Gasteiger partial charge in [0.05, 0.1) is 11.4 Å². The highest BCUT2D eigenvalue weighted by Crippen LogP contribution is 2.35. The van der Waals surface area contributed by atoms with Crippen LogP contribution in [-0.2, 0) is 13.5 Å². The van der Waals surface area contributed by atoms with Crippen molar-refractivity contribution in [2.24, 2.45) is 7.05 Å². The van der Waals surface area contributed by atoms with E-state index in [1.54, 1.807) is 0 Å². The number of hydrogen-bond donors (Lipinski definition) is 0. The first-order valence-corrected chi connectivity index (χ1v) is 6.21. The third kappa shape index (κ3) is 1.83. The molecule has 0 spiro atoms. The lowest BCUT2D eigenvalue weighted by molar-refractivity contribution is 0.174. The molecule has 1 aliphatic rings. The number of aryl methyl sites for hydroxylation is 2. The van der Waals surface area contributed by atoms with E-state index in [1.165, 1.54) is 0 Å². The molecular formula is C14H16N2O2. The SMILES string of the molecule is CCCc1cc(-c2ccc3c(c2)OCO3)n(C)n1. The van der Waals surface area contributed by atoms with Gasteiger partial charge in [0.1, 0.15) is 0 Å². The lowest BCUT2D eigenvalue weighted by Crippen LogP contribution is -1.94. The molecule has 0 atom stereocenters. The Bertz CT molecular complexity index is 575. The first-order valence-electron chi connectivity index (χ1n) is 6.21. The van der Waals surface area contributed by atoms with Crippen molar-refractivity contribution in [1.82, 2.24) is 9.78 Å². The van der Waals surface area contributed by atoms with Crippen LogP contribution in [0.5, 0.6) is 11.5 Å². The molecule has 0 bridgehead atoms. The third-order valence-corrected chi connectivity index (χ3v) is 3.10. The molecule has 0 fully saturated rings. The smallest absolute Gasteiger partial charge is 0.231 e. The highest BCUT2D eigenvalue weighted by atomic mass is 16.7. The van der Waals surface area contributed by atoms with Crippen LogP contribution in [0.3, 0.4) is 0 Å². The summed E-state index contributed by atoms with van der Waals surface area (Å²) in [6.07, 6.45) is 2.12. The quantitative estimate of drug-likeness (QED) is 0.833. The molecule has 2 aromatic rings. The fourth-order valence-corrected chi connectivity index (χ4v) is 2.23. The van der Waals surface area contributed by atoms with Gasteiger partial charge in [-0.15, -0.1) is 0 Å². The molecule has 2 heterocycles. The maximum absolute atomic E-state index is 5.40. The summed E-state index contributed by atoms with van der Waals surface area (Å²) in [4.78, 5) is 0. The Hall–Kier alpha value is -1.97. The van der Waals surface area contributed by atoms with Crippen molar-refractivity contribution in [1.29, 1.82) is 0 Å². The number of fused-ring (bicyclic) bond motifs is 1. The standard InChI is InChI=1S/C14H16N2O2/c1-3-4-11-8-12(16(2)15-11)10-5-6-13-14(7-10)18-9-17-13/h5-8H,3-4,9H2,1-2H3. The van der Waals surface area contributed by atoms with Gasteiger partial charge in [-0.3, -0.25) is 4.68 Å². The van der Waals surface area contributed by atoms with E-state index in [1.807, 2.05) is 29.9 Å². The summed E-state index contributed by atoms with van der Waals surface area (Å²) in [5, 5.41) is 4.51. The molecule has 0 saturated heterocycles. The molecule has 0 unspecified atom stereocenters. The molecule has 0 aliphatic carbocycles. The molecule has 1 aromatic heterocycles. The van der Waals surface area contributed by atoms with Crippen LogP contribution in [0.2, 0.25) is 0 Å². The summed E-state index contributed by atoms with van der Waals surface area (Å²) >= 11 is 0. The number of ether oxygens (including phenoxy) is 2. The van der Waals surface area contributed by atoms with Crippen LogP contribution in [0.25, 0.3) is 11.3 Å². The maximum Gasteiger partial charge on any atom is 0.231 e. The molecule has 3 rings (SSSR count). The number of nitrogens with zero attached hydrogens (tertiary/aromatic N) is 2. The molecule has 4 heteroatoms. The van der Waals surface area contributed by atoms with E-state index in [-0.39, 0.29) is 0 Å². The molecule has 94 valence electrons. The minimum atomic E-state index is 0.311. The van der Waals surface area contributed by atoms with Crippen LogP contribution in [0, 0.1) is 0 Å². The topological polar surface area (TPSA) is 36.3 Å². The van der Waals surface area contributed by atoms with Crippen LogP contribution in [0.1, 0.15) is 19.0 Å². The Balaban J connectivity index is 1.99. The molecule has 0 amide bonds. The zero-order valence-electron chi connectivity index (χ0n) is 10.6. The van der Waals surface area contributed by atoms with Gasteiger partial charge >= 0.3 is 0 Å². The van der Waals surface area contributed by atoms with Crippen LogP contribution in [0.4, 0.5) is 0 Å². The Kier molecular flexibility index (Phi) is 2.70. The Morgan fingerprint density at radius 3 is 2.89 bits per heavy atom. The molecular weight excluding hydrogens is 228 g/mol. The molecule has 1 aliphatic heterocycles. The van der Waals surface area contributed by atoms with Crippen molar-refractivity contribution in [2.45, 2.75) is 19.8 Å². The first-order chi connectivity index (χ1) is 8.78. The average molecular weight is 244 g/mol. The lowest BCUT2D eigenvalue weighted by atomic mass is 10.1. The van der Waals surface area contributed by atoms with E-state index in [4.69, 9.17) is 9.47 Å². The fraction of sp³-hybridized carbons (Fsp3) is 0.357. The highest BCUT2D eigenvalue weighted by Gasteiger charge is 2.15. The third-order valence-electron chi connectivity index (χ3n) is 3.10. The number of benzene rings is 1.